The molecule has 0 aliphatic carbocycles. The summed E-state index contributed by atoms with van der Waals surface area (Å²) in [6.07, 6.45) is 1.07. The number of hydrogen-bond donors (Lipinski definition) is 1. The predicted molar refractivity (Wildman–Crippen MR) is 63.9 cm³/mol. The molecule has 0 radical (unpaired) electrons. The van der Waals surface area contributed by atoms with Crippen LogP contribution in [-0.4, -0.2) is 13.2 Å². The van der Waals surface area contributed by atoms with Crippen LogP contribution in [0.2, 0.25) is 0 Å². The van der Waals surface area contributed by atoms with Gasteiger partial charge in [0.2, 0.25) is 0 Å². The van der Waals surface area contributed by atoms with Crippen molar-refractivity contribution in [3.63, 3.8) is 0 Å². The van der Waals surface area contributed by atoms with Crippen molar-refractivity contribution in [1.29, 1.82) is 0 Å². The first-order valence-electron chi connectivity index (χ1n) is 5.70. The second kappa shape index (κ2) is 4.13. The average molecular weight is 205 g/mol. The van der Waals surface area contributed by atoms with Crippen molar-refractivity contribution in [3.05, 3.63) is 23.3 Å². The molecule has 0 fully saturated rings. The summed E-state index contributed by atoms with van der Waals surface area (Å²) in [5.41, 5.74) is 3.94. The second-order valence-electron chi connectivity index (χ2n) is 4.44. The van der Waals surface area contributed by atoms with Crippen LogP contribution < -0.4 is 10.1 Å². The van der Waals surface area contributed by atoms with Crippen LogP contribution in [0.4, 0.5) is 5.69 Å². The molecule has 1 aliphatic heterocycles. The van der Waals surface area contributed by atoms with Gasteiger partial charge in [-0.05, 0) is 36.5 Å². The fraction of sp³-hybridized carbons (Fsp3) is 0.538. The normalized spacial score (nSPS) is 15.2. The Balaban J connectivity index is 2.46. The van der Waals surface area contributed by atoms with Gasteiger partial charge in [0.15, 0.2) is 0 Å². The van der Waals surface area contributed by atoms with E-state index in [1.807, 2.05) is 0 Å². The van der Waals surface area contributed by atoms with Crippen molar-refractivity contribution in [2.75, 3.05) is 18.5 Å². The molecule has 0 unspecified atom stereocenters. The van der Waals surface area contributed by atoms with Gasteiger partial charge in [0.05, 0.1) is 12.3 Å². The number of hydrogen-bond acceptors (Lipinski definition) is 2. The number of fused-ring (bicyclic) bond motifs is 1. The van der Waals surface area contributed by atoms with Crippen LogP contribution in [0.3, 0.4) is 0 Å². The van der Waals surface area contributed by atoms with Crippen molar-refractivity contribution >= 4 is 5.69 Å². The van der Waals surface area contributed by atoms with Gasteiger partial charge in [-0.2, -0.15) is 0 Å². The van der Waals surface area contributed by atoms with Crippen LogP contribution in [0, 0.1) is 6.92 Å². The van der Waals surface area contributed by atoms with Gasteiger partial charge in [0.1, 0.15) is 5.75 Å². The van der Waals surface area contributed by atoms with Crippen molar-refractivity contribution in [2.24, 2.45) is 0 Å². The molecular formula is C13H19NO. The molecule has 0 saturated heterocycles. The predicted octanol–water partition coefficient (Wildman–Crippen LogP) is 3.31. The van der Waals surface area contributed by atoms with E-state index in [9.17, 15) is 0 Å². The molecule has 0 saturated carbocycles. The molecule has 0 amide bonds. The lowest BCUT2D eigenvalue weighted by molar-refractivity contribution is 0.322. The Labute approximate surface area is 91.6 Å². The molecule has 1 aromatic rings. The summed E-state index contributed by atoms with van der Waals surface area (Å²) in [5.74, 6) is 1.58. The monoisotopic (exact) mass is 205 g/mol. The van der Waals surface area contributed by atoms with Gasteiger partial charge in [0.25, 0.3) is 0 Å². The molecular weight excluding hydrogens is 186 g/mol. The molecule has 0 aromatic heterocycles. The highest BCUT2D eigenvalue weighted by atomic mass is 16.5. The minimum atomic E-state index is 0.570. The van der Waals surface area contributed by atoms with Crippen LogP contribution >= 0.6 is 0 Å². The van der Waals surface area contributed by atoms with Gasteiger partial charge in [-0.1, -0.05) is 19.9 Å². The van der Waals surface area contributed by atoms with Crippen LogP contribution in [0.25, 0.3) is 0 Å². The van der Waals surface area contributed by atoms with Gasteiger partial charge in [0, 0.05) is 6.54 Å². The number of rotatable bonds is 1. The summed E-state index contributed by atoms with van der Waals surface area (Å²) >= 11 is 0. The van der Waals surface area contributed by atoms with Gasteiger partial charge >= 0.3 is 0 Å². The summed E-state index contributed by atoms with van der Waals surface area (Å²) in [7, 11) is 0. The first-order valence-corrected chi connectivity index (χ1v) is 5.70. The third-order valence-electron chi connectivity index (χ3n) is 2.97. The Hall–Kier alpha value is -1.18. The minimum Gasteiger partial charge on any atom is -0.491 e. The number of anilines is 1. The van der Waals surface area contributed by atoms with E-state index in [4.69, 9.17) is 4.74 Å². The van der Waals surface area contributed by atoms with E-state index < -0.39 is 0 Å². The molecule has 1 N–H and O–H groups in total. The summed E-state index contributed by atoms with van der Waals surface area (Å²) in [6, 6.07) is 4.28. The van der Waals surface area contributed by atoms with Gasteiger partial charge in [-0.3, -0.25) is 0 Å². The first-order chi connectivity index (χ1) is 7.20. The van der Waals surface area contributed by atoms with E-state index in [2.05, 4.69) is 38.2 Å². The van der Waals surface area contributed by atoms with E-state index in [0.29, 0.717) is 5.92 Å². The number of nitrogens with one attached hydrogen (secondary N) is 1. The van der Waals surface area contributed by atoms with Crippen LogP contribution in [0.1, 0.15) is 37.3 Å². The molecule has 1 aromatic carbocycles. The summed E-state index contributed by atoms with van der Waals surface area (Å²) in [5, 5.41) is 3.46. The largest absolute Gasteiger partial charge is 0.491 e. The lowest BCUT2D eigenvalue weighted by Crippen LogP contribution is -2.03. The van der Waals surface area contributed by atoms with E-state index in [0.717, 1.165) is 25.3 Å². The number of benzene rings is 1. The highest BCUT2D eigenvalue weighted by molar-refractivity contribution is 5.65. The molecule has 2 heteroatoms. The maximum absolute atomic E-state index is 5.70. The molecule has 2 rings (SSSR count). The first kappa shape index (κ1) is 10.3. The van der Waals surface area contributed by atoms with Crippen LogP contribution in [0.15, 0.2) is 12.1 Å². The van der Waals surface area contributed by atoms with E-state index >= 15 is 0 Å². The smallest absolute Gasteiger partial charge is 0.142 e. The fourth-order valence-corrected chi connectivity index (χ4v) is 2.14. The fourth-order valence-electron chi connectivity index (χ4n) is 2.14. The summed E-state index contributed by atoms with van der Waals surface area (Å²) in [4.78, 5) is 0. The standard InChI is InChI=1S/C13H19NO/c1-9(2)11-5-6-12-13(10(11)3)14-7-4-8-15-12/h5-6,9,14H,4,7-8H2,1-3H3. The Kier molecular flexibility index (Phi) is 2.85. The van der Waals surface area contributed by atoms with Gasteiger partial charge in [-0.25, -0.2) is 0 Å². The van der Waals surface area contributed by atoms with Crippen LogP contribution in [0.5, 0.6) is 5.75 Å². The molecule has 0 bridgehead atoms. The quantitative estimate of drug-likeness (QED) is 0.759. The third kappa shape index (κ3) is 1.94. The SMILES string of the molecule is Cc1c(C(C)C)ccc2c1NCCCO2. The molecule has 0 spiro atoms. The van der Waals surface area contributed by atoms with Crippen molar-refractivity contribution in [3.8, 4) is 5.75 Å². The third-order valence-corrected chi connectivity index (χ3v) is 2.97. The van der Waals surface area contributed by atoms with E-state index in [1.165, 1.54) is 16.8 Å². The zero-order valence-corrected chi connectivity index (χ0v) is 9.76. The van der Waals surface area contributed by atoms with Crippen molar-refractivity contribution in [1.82, 2.24) is 0 Å². The Morgan fingerprint density at radius 2 is 2.13 bits per heavy atom. The summed E-state index contributed by atoms with van der Waals surface area (Å²) < 4.78 is 5.70. The zero-order chi connectivity index (χ0) is 10.8. The lowest BCUT2D eigenvalue weighted by Gasteiger charge is -2.16. The summed E-state index contributed by atoms with van der Waals surface area (Å²) in [6.45, 7) is 8.46. The lowest BCUT2D eigenvalue weighted by atomic mass is 9.96. The highest BCUT2D eigenvalue weighted by Gasteiger charge is 2.14. The maximum atomic E-state index is 5.70. The maximum Gasteiger partial charge on any atom is 0.142 e. The molecule has 2 nitrogen and oxygen atoms in total. The molecule has 1 heterocycles. The van der Waals surface area contributed by atoms with Crippen LogP contribution in [-0.2, 0) is 0 Å². The second-order valence-corrected chi connectivity index (χ2v) is 4.44. The minimum absolute atomic E-state index is 0.570. The van der Waals surface area contributed by atoms with Crippen molar-refractivity contribution < 1.29 is 4.74 Å². The van der Waals surface area contributed by atoms with Gasteiger partial charge < -0.3 is 10.1 Å². The molecule has 0 atom stereocenters. The Morgan fingerprint density at radius 3 is 2.87 bits per heavy atom. The Bertz CT molecular complexity index is 358. The number of ether oxygens (including phenoxy) is 1. The molecule has 15 heavy (non-hydrogen) atoms. The zero-order valence-electron chi connectivity index (χ0n) is 9.76. The van der Waals surface area contributed by atoms with E-state index in [-0.39, 0.29) is 0 Å². The van der Waals surface area contributed by atoms with E-state index in [1.54, 1.807) is 0 Å². The topological polar surface area (TPSA) is 21.3 Å². The van der Waals surface area contributed by atoms with Gasteiger partial charge in [-0.15, -0.1) is 0 Å². The highest BCUT2D eigenvalue weighted by Crippen LogP contribution is 2.34. The average Bonchev–Trinajstić information content (AvgIpc) is 2.43. The Morgan fingerprint density at radius 1 is 1.33 bits per heavy atom. The molecule has 1 aliphatic rings. The molecule has 82 valence electrons. The van der Waals surface area contributed by atoms with Crippen molar-refractivity contribution in [2.45, 2.75) is 33.1 Å².